The number of amides is 1. The fourth-order valence-corrected chi connectivity index (χ4v) is 2.59. The molecule has 126 valence electrons. The van der Waals surface area contributed by atoms with Crippen molar-refractivity contribution in [1.29, 1.82) is 0 Å². The molecular weight excluding hydrogens is 319 g/mol. The molecule has 0 radical (unpaired) electrons. The summed E-state index contributed by atoms with van der Waals surface area (Å²) in [5.74, 6) is -0.0337. The van der Waals surface area contributed by atoms with Crippen LogP contribution in [0.2, 0.25) is 0 Å². The van der Waals surface area contributed by atoms with Gasteiger partial charge in [-0.15, -0.1) is 0 Å². The summed E-state index contributed by atoms with van der Waals surface area (Å²) in [5.41, 5.74) is 0.939. The van der Waals surface area contributed by atoms with Gasteiger partial charge in [0, 0.05) is 43.5 Å². The molecule has 0 aliphatic carbocycles. The minimum absolute atomic E-state index is 0.0337. The second-order valence-electron chi connectivity index (χ2n) is 5.55. The van der Waals surface area contributed by atoms with E-state index in [0.29, 0.717) is 29.8 Å². The van der Waals surface area contributed by atoms with Crippen LogP contribution in [0.25, 0.3) is 11.1 Å². The van der Waals surface area contributed by atoms with Crippen molar-refractivity contribution in [2.45, 2.75) is 6.18 Å². The monoisotopic (exact) mass is 335 g/mol. The average molecular weight is 335 g/mol. The van der Waals surface area contributed by atoms with Gasteiger partial charge in [-0.1, -0.05) is 18.2 Å². The van der Waals surface area contributed by atoms with Crippen molar-refractivity contribution in [3.05, 3.63) is 53.9 Å². The van der Waals surface area contributed by atoms with Gasteiger partial charge >= 0.3 is 6.18 Å². The quantitative estimate of drug-likeness (QED) is 0.918. The van der Waals surface area contributed by atoms with Gasteiger partial charge in [0.05, 0.1) is 0 Å². The average Bonchev–Trinajstić information content (AvgIpc) is 2.61. The Bertz CT molecular complexity index is 705. The SMILES string of the molecule is O=C(c1ccc(-c2ccc(C(F)(F)F)nc2)cc1)N1CCNCC1. The summed E-state index contributed by atoms with van der Waals surface area (Å²) in [7, 11) is 0. The van der Waals surface area contributed by atoms with E-state index in [4.69, 9.17) is 0 Å². The van der Waals surface area contributed by atoms with Gasteiger partial charge in [-0.25, -0.2) is 0 Å². The Kier molecular flexibility index (Phi) is 4.53. The van der Waals surface area contributed by atoms with Crippen molar-refractivity contribution in [2.24, 2.45) is 0 Å². The maximum Gasteiger partial charge on any atom is 0.433 e. The molecule has 0 atom stereocenters. The molecular formula is C17H16F3N3O. The maximum atomic E-state index is 12.5. The molecule has 1 aromatic heterocycles. The van der Waals surface area contributed by atoms with Crippen molar-refractivity contribution in [3.63, 3.8) is 0 Å². The van der Waals surface area contributed by atoms with E-state index in [0.717, 1.165) is 19.2 Å². The standard InChI is InChI=1S/C17H16F3N3O/c18-17(19,20)15-6-5-14(11-22-15)12-1-3-13(4-2-12)16(24)23-9-7-21-8-10-23/h1-6,11,21H,7-10H2. The third kappa shape index (κ3) is 3.56. The molecule has 0 spiro atoms. The Hall–Kier alpha value is -2.41. The molecule has 7 heteroatoms. The second-order valence-corrected chi connectivity index (χ2v) is 5.55. The van der Waals surface area contributed by atoms with Gasteiger partial charge in [-0.2, -0.15) is 13.2 Å². The van der Waals surface area contributed by atoms with Crippen LogP contribution in [0.15, 0.2) is 42.6 Å². The van der Waals surface area contributed by atoms with Crippen LogP contribution in [0.5, 0.6) is 0 Å². The van der Waals surface area contributed by atoms with E-state index in [1.54, 1.807) is 29.2 Å². The highest BCUT2D eigenvalue weighted by molar-refractivity contribution is 5.94. The summed E-state index contributed by atoms with van der Waals surface area (Å²) in [5, 5.41) is 3.19. The zero-order valence-corrected chi connectivity index (χ0v) is 12.8. The Balaban J connectivity index is 1.75. The van der Waals surface area contributed by atoms with E-state index < -0.39 is 11.9 Å². The minimum Gasteiger partial charge on any atom is -0.336 e. The molecule has 1 aliphatic heterocycles. The number of nitrogens with one attached hydrogen (secondary N) is 1. The Labute approximate surface area is 137 Å². The predicted molar refractivity (Wildman–Crippen MR) is 83.4 cm³/mol. The van der Waals surface area contributed by atoms with E-state index in [9.17, 15) is 18.0 Å². The number of alkyl halides is 3. The molecule has 24 heavy (non-hydrogen) atoms. The number of benzene rings is 1. The molecule has 0 unspecified atom stereocenters. The number of carbonyl (C=O) groups excluding carboxylic acids is 1. The summed E-state index contributed by atoms with van der Waals surface area (Å²) < 4.78 is 37.6. The van der Waals surface area contributed by atoms with Gasteiger partial charge in [0.2, 0.25) is 0 Å². The van der Waals surface area contributed by atoms with Crippen LogP contribution in [0.4, 0.5) is 13.2 Å². The largest absolute Gasteiger partial charge is 0.433 e. The number of hydrogen-bond acceptors (Lipinski definition) is 3. The molecule has 3 rings (SSSR count). The summed E-state index contributed by atoms with van der Waals surface area (Å²) in [4.78, 5) is 17.6. The van der Waals surface area contributed by atoms with Crippen molar-refractivity contribution >= 4 is 5.91 Å². The normalized spacial score (nSPS) is 15.4. The predicted octanol–water partition coefficient (Wildman–Crippen LogP) is 2.81. The number of pyridine rings is 1. The lowest BCUT2D eigenvalue weighted by molar-refractivity contribution is -0.141. The third-order valence-corrected chi connectivity index (χ3v) is 3.92. The van der Waals surface area contributed by atoms with Crippen LogP contribution < -0.4 is 5.32 Å². The number of aromatic nitrogens is 1. The highest BCUT2D eigenvalue weighted by Crippen LogP contribution is 2.29. The first-order valence-corrected chi connectivity index (χ1v) is 7.59. The van der Waals surface area contributed by atoms with E-state index in [1.807, 2.05) is 0 Å². The van der Waals surface area contributed by atoms with Crippen molar-refractivity contribution in [3.8, 4) is 11.1 Å². The first-order chi connectivity index (χ1) is 11.4. The molecule has 1 amide bonds. The first-order valence-electron chi connectivity index (χ1n) is 7.59. The van der Waals surface area contributed by atoms with Gasteiger partial charge in [0.25, 0.3) is 5.91 Å². The molecule has 1 N–H and O–H groups in total. The van der Waals surface area contributed by atoms with Gasteiger partial charge in [0.1, 0.15) is 5.69 Å². The Morgan fingerprint density at radius 2 is 1.62 bits per heavy atom. The molecule has 1 aliphatic rings. The number of piperazine rings is 1. The molecule has 1 fully saturated rings. The zero-order valence-electron chi connectivity index (χ0n) is 12.8. The number of carbonyl (C=O) groups is 1. The fourth-order valence-electron chi connectivity index (χ4n) is 2.59. The van der Waals surface area contributed by atoms with Crippen LogP contribution in [-0.4, -0.2) is 42.0 Å². The highest BCUT2D eigenvalue weighted by atomic mass is 19.4. The lowest BCUT2D eigenvalue weighted by Crippen LogP contribution is -2.46. The second kappa shape index (κ2) is 6.60. The van der Waals surface area contributed by atoms with E-state index >= 15 is 0 Å². The maximum absolute atomic E-state index is 12.5. The first kappa shape index (κ1) is 16.4. The molecule has 1 aromatic carbocycles. The molecule has 4 nitrogen and oxygen atoms in total. The van der Waals surface area contributed by atoms with E-state index in [1.165, 1.54) is 12.3 Å². The lowest BCUT2D eigenvalue weighted by atomic mass is 10.0. The topological polar surface area (TPSA) is 45.2 Å². The van der Waals surface area contributed by atoms with Crippen molar-refractivity contribution in [2.75, 3.05) is 26.2 Å². The van der Waals surface area contributed by atoms with E-state index in [-0.39, 0.29) is 5.91 Å². The lowest BCUT2D eigenvalue weighted by Gasteiger charge is -2.27. The number of halogens is 3. The van der Waals surface area contributed by atoms with Gasteiger partial charge in [-0.05, 0) is 23.8 Å². The van der Waals surface area contributed by atoms with Gasteiger partial charge < -0.3 is 10.2 Å². The fraction of sp³-hybridized carbons (Fsp3) is 0.294. The Morgan fingerprint density at radius 3 is 2.17 bits per heavy atom. The summed E-state index contributed by atoms with van der Waals surface area (Å²) in [6.45, 7) is 2.90. The molecule has 0 saturated carbocycles. The zero-order chi connectivity index (χ0) is 17.2. The number of hydrogen-bond donors (Lipinski definition) is 1. The van der Waals surface area contributed by atoms with Crippen LogP contribution in [-0.2, 0) is 6.18 Å². The van der Waals surface area contributed by atoms with Crippen LogP contribution in [0.1, 0.15) is 16.1 Å². The van der Waals surface area contributed by atoms with Crippen LogP contribution >= 0.6 is 0 Å². The Morgan fingerprint density at radius 1 is 1.00 bits per heavy atom. The highest BCUT2D eigenvalue weighted by Gasteiger charge is 2.32. The minimum atomic E-state index is -4.45. The summed E-state index contributed by atoms with van der Waals surface area (Å²) >= 11 is 0. The smallest absolute Gasteiger partial charge is 0.336 e. The molecule has 2 heterocycles. The number of nitrogens with zero attached hydrogens (tertiary/aromatic N) is 2. The van der Waals surface area contributed by atoms with Crippen molar-refractivity contribution < 1.29 is 18.0 Å². The molecule has 0 bridgehead atoms. The van der Waals surface area contributed by atoms with E-state index in [2.05, 4.69) is 10.3 Å². The van der Waals surface area contributed by atoms with Crippen LogP contribution in [0.3, 0.4) is 0 Å². The number of rotatable bonds is 2. The van der Waals surface area contributed by atoms with Crippen molar-refractivity contribution in [1.82, 2.24) is 15.2 Å². The third-order valence-electron chi connectivity index (χ3n) is 3.92. The van der Waals surface area contributed by atoms with Gasteiger partial charge in [-0.3, -0.25) is 9.78 Å². The molecule has 1 saturated heterocycles. The summed E-state index contributed by atoms with van der Waals surface area (Å²) in [6.07, 6.45) is -3.26. The van der Waals surface area contributed by atoms with Crippen LogP contribution in [0, 0.1) is 0 Å². The van der Waals surface area contributed by atoms with Gasteiger partial charge in [0.15, 0.2) is 0 Å². The summed E-state index contributed by atoms with van der Waals surface area (Å²) in [6, 6.07) is 9.16. The molecule has 2 aromatic rings.